The van der Waals surface area contributed by atoms with Gasteiger partial charge in [0.15, 0.2) is 0 Å². The second-order valence-electron chi connectivity index (χ2n) is 5.59. The Bertz CT molecular complexity index is 696. The Labute approximate surface area is 134 Å². The van der Waals surface area contributed by atoms with E-state index in [4.69, 9.17) is 9.72 Å². The number of thioether (sulfide) groups is 1. The first-order valence-corrected chi connectivity index (χ1v) is 8.48. The summed E-state index contributed by atoms with van der Waals surface area (Å²) in [4.78, 5) is 18.8. The first-order valence-electron chi connectivity index (χ1n) is 7.50. The molecule has 1 aliphatic heterocycles. The van der Waals surface area contributed by atoms with E-state index >= 15 is 0 Å². The van der Waals surface area contributed by atoms with Crippen molar-refractivity contribution in [3.63, 3.8) is 0 Å². The number of amides is 1. The number of morpholine rings is 1. The van der Waals surface area contributed by atoms with Crippen molar-refractivity contribution >= 4 is 28.6 Å². The fraction of sp³-hybridized carbons (Fsp3) is 0.412. The number of ether oxygens (including phenoxy) is 1. The molecule has 0 aliphatic carbocycles. The van der Waals surface area contributed by atoms with Gasteiger partial charge >= 0.3 is 0 Å². The summed E-state index contributed by atoms with van der Waals surface area (Å²) < 4.78 is 5.28. The molecule has 1 saturated heterocycles. The van der Waals surface area contributed by atoms with E-state index in [1.54, 1.807) is 0 Å². The molecule has 22 heavy (non-hydrogen) atoms. The average molecular weight is 316 g/mol. The first-order chi connectivity index (χ1) is 10.6. The molecule has 1 amide bonds. The molecule has 4 nitrogen and oxygen atoms in total. The molecular formula is C17H20N2O2S. The van der Waals surface area contributed by atoms with Crippen LogP contribution in [0.3, 0.4) is 0 Å². The van der Waals surface area contributed by atoms with E-state index in [-0.39, 0.29) is 5.91 Å². The van der Waals surface area contributed by atoms with E-state index in [1.807, 2.05) is 11.8 Å². The van der Waals surface area contributed by atoms with Crippen LogP contribution in [0.1, 0.15) is 11.1 Å². The van der Waals surface area contributed by atoms with Gasteiger partial charge < -0.3 is 9.64 Å². The molecule has 0 N–H and O–H groups in total. The van der Waals surface area contributed by atoms with Crippen molar-refractivity contribution in [3.8, 4) is 0 Å². The van der Waals surface area contributed by atoms with Crippen LogP contribution in [-0.2, 0) is 9.53 Å². The summed E-state index contributed by atoms with van der Waals surface area (Å²) in [5, 5.41) is 2.09. The maximum absolute atomic E-state index is 12.2. The molecule has 116 valence electrons. The summed E-state index contributed by atoms with van der Waals surface area (Å²) in [6.45, 7) is 6.79. The highest BCUT2D eigenvalue weighted by atomic mass is 32.2. The van der Waals surface area contributed by atoms with Crippen LogP contribution in [0.15, 0.2) is 29.3 Å². The average Bonchev–Trinajstić information content (AvgIpc) is 2.54. The van der Waals surface area contributed by atoms with Crippen LogP contribution in [0, 0.1) is 13.8 Å². The van der Waals surface area contributed by atoms with Crippen LogP contribution in [0.5, 0.6) is 0 Å². The predicted octanol–water partition coefficient (Wildman–Crippen LogP) is 2.80. The van der Waals surface area contributed by atoms with Crippen LogP contribution in [0.2, 0.25) is 0 Å². The van der Waals surface area contributed by atoms with Crippen molar-refractivity contribution in [1.82, 2.24) is 9.88 Å². The second kappa shape index (κ2) is 6.67. The maximum atomic E-state index is 12.2. The van der Waals surface area contributed by atoms with Gasteiger partial charge in [0.1, 0.15) is 5.03 Å². The predicted molar refractivity (Wildman–Crippen MR) is 89.3 cm³/mol. The zero-order chi connectivity index (χ0) is 15.5. The summed E-state index contributed by atoms with van der Waals surface area (Å²) in [6, 6.07) is 8.42. The molecular weight excluding hydrogens is 296 g/mol. The number of carbonyl (C=O) groups excluding carboxylic acids is 1. The summed E-state index contributed by atoms with van der Waals surface area (Å²) in [7, 11) is 0. The van der Waals surface area contributed by atoms with Crippen molar-refractivity contribution in [2.75, 3.05) is 32.1 Å². The molecule has 0 atom stereocenters. The Balaban J connectivity index is 1.72. The zero-order valence-electron chi connectivity index (χ0n) is 13.0. The van der Waals surface area contributed by atoms with Crippen LogP contribution in [0.4, 0.5) is 0 Å². The molecule has 0 spiro atoms. The molecule has 0 unspecified atom stereocenters. The maximum Gasteiger partial charge on any atom is 0.233 e. The normalized spacial score (nSPS) is 15.3. The standard InChI is InChI=1S/C17H20N2O2S/c1-12-3-4-14-10-13(2)17(18-15(14)9-12)22-11-16(20)19-5-7-21-8-6-19/h3-4,9-10H,5-8,11H2,1-2H3. The number of fused-ring (bicyclic) bond motifs is 1. The zero-order valence-corrected chi connectivity index (χ0v) is 13.8. The largest absolute Gasteiger partial charge is 0.378 e. The molecule has 1 aromatic carbocycles. The van der Waals surface area contributed by atoms with Gasteiger partial charge in [0, 0.05) is 18.5 Å². The molecule has 1 fully saturated rings. The van der Waals surface area contributed by atoms with Crippen LogP contribution < -0.4 is 0 Å². The Morgan fingerprint density at radius 3 is 2.82 bits per heavy atom. The fourth-order valence-electron chi connectivity index (χ4n) is 2.55. The Morgan fingerprint density at radius 1 is 1.27 bits per heavy atom. The third kappa shape index (κ3) is 3.42. The Kier molecular flexibility index (Phi) is 4.64. The Morgan fingerprint density at radius 2 is 2.05 bits per heavy atom. The lowest BCUT2D eigenvalue weighted by Crippen LogP contribution is -2.41. The van der Waals surface area contributed by atoms with Gasteiger partial charge in [-0.05, 0) is 37.1 Å². The van der Waals surface area contributed by atoms with E-state index in [2.05, 4.69) is 31.2 Å². The quantitative estimate of drug-likeness (QED) is 0.817. The lowest BCUT2D eigenvalue weighted by atomic mass is 10.1. The number of nitrogens with zero attached hydrogens (tertiary/aromatic N) is 2. The minimum absolute atomic E-state index is 0.166. The minimum Gasteiger partial charge on any atom is -0.378 e. The van der Waals surface area contributed by atoms with Gasteiger partial charge in [0.05, 0.1) is 24.5 Å². The van der Waals surface area contributed by atoms with Crippen molar-refractivity contribution < 1.29 is 9.53 Å². The van der Waals surface area contributed by atoms with Crippen molar-refractivity contribution in [1.29, 1.82) is 0 Å². The highest BCUT2D eigenvalue weighted by Crippen LogP contribution is 2.25. The molecule has 0 bridgehead atoms. The summed E-state index contributed by atoms with van der Waals surface area (Å²) >= 11 is 1.53. The SMILES string of the molecule is Cc1ccc2cc(C)c(SCC(=O)N3CCOCC3)nc2c1. The summed E-state index contributed by atoms with van der Waals surface area (Å²) in [6.07, 6.45) is 0. The van der Waals surface area contributed by atoms with Gasteiger partial charge in [-0.25, -0.2) is 4.98 Å². The van der Waals surface area contributed by atoms with Gasteiger partial charge in [-0.1, -0.05) is 23.9 Å². The third-order valence-electron chi connectivity index (χ3n) is 3.81. The molecule has 0 radical (unpaired) electrons. The molecule has 2 heterocycles. The van der Waals surface area contributed by atoms with E-state index in [9.17, 15) is 4.79 Å². The van der Waals surface area contributed by atoms with Crippen molar-refractivity contribution in [2.45, 2.75) is 18.9 Å². The number of rotatable bonds is 3. The van der Waals surface area contributed by atoms with Gasteiger partial charge in [0.25, 0.3) is 0 Å². The van der Waals surface area contributed by atoms with E-state index in [1.165, 1.54) is 17.3 Å². The molecule has 1 aliphatic rings. The molecule has 2 aromatic rings. The van der Waals surface area contributed by atoms with Crippen molar-refractivity contribution in [3.05, 3.63) is 35.4 Å². The van der Waals surface area contributed by atoms with Gasteiger partial charge in [0.2, 0.25) is 5.91 Å². The highest BCUT2D eigenvalue weighted by molar-refractivity contribution is 7.99. The highest BCUT2D eigenvalue weighted by Gasteiger charge is 2.17. The number of benzene rings is 1. The van der Waals surface area contributed by atoms with Gasteiger partial charge in [-0.15, -0.1) is 0 Å². The topological polar surface area (TPSA) is 42.4 Å². The molecule has 5 heteroatoms. The number of carbonyl (C=O) groups is 1. The summed E-state index contributed by atoms with van der Waals surface area (Å²) in [5.41, 5.74) is 3.31. The van der Waals surface area contributed by atoms with Gasteiger partial charge in [-0.3, -0.25) is 4.79 Å². The minimum atomic E-state index is 0.166. The van der Waals surface area contributed by atoms with Gasteiger partial charge in [-0.2, -0.15) is 0 Å². The second-order valence-corrected chi connectivity index (χ2v) is 6.55. The van der Waals surface area contributed by atoms with E-state index < -0.39 is 0 Å². The molecule has 1 aromatic heterocycles. The number of aryl methyl sites for hydroxylation is 2. The number of hydrogen-bond donors (Lipinski definition) is 0. The van der Waals surface area contributed by atoms with E-state index in [0.717, 1.165) is 21.5 Å². The lowest BCUT2D eigenvalue weighted by molar-refractivity contribution is -0.132. The first kappa shape index (κ1) is 15.3. The van der Waals surface area contributed by atoms with Crippen molar-refractivity contribution in [2.24, 2.45) is 0 Å². The monoisotopic (exact) mass is 316 g/mol. The van der Waals surface area contributed by atoms with Crippen LogP contribution in [-0.4, -0.2) is 47.8 Å². The fourth-order valence-corrected chi connectivity index (χ4v) is 3.44. The van der Waals surface area contributed by atoms with Crippen LogP contribution in [0.25, 0.3) is 10.9 Å². The van der Waals surface area contributed by atoms with E-state index in [0.29, 0.717) is 32.1 Å². The Hall–Kier alpha value is -1.59. The summed E-state index contributed by atoms with van der Waals surface area (Å²) in [5.74, 6) is 0.601. The number of hydrogen-bond acceptors (Lipinski definition) is 4. The molecule has 0 saturated carbocycles. The van der Waals surface area contributed by atoms with Crippen LogP contribution >= 0.6 is 11.8 Å². The lowest BCUT2D eigenvalue weighted by Gasteiger charge is -2.26. The molecule has 3 rings (SSSR count). The smallest absolute Gasteiger partial charge is 0.233 e. The number of pyridine rings is 1. The number of aromatic nitrogens is 1. The third-order valence-corrected chi connectivity index (χ3v) is 4.89.